The monoisotopic (exact) mass is 385 g/mol. The van der Waals surface area contributed by atoms with E-state index < -0.39 is 11.4 Å². The normalized spacial score (nSPS) is 14.6. The summed E-state index contributed by atoms with van der Waals surface area (Å²) in [5.74, 6) is 1.32. The van der Waals surface area contributed by atoms with Gasteiger partial charge in [-0.3, -0.25) is 4.79 Å². The van der Waals surface area contributed by atoms with E-state index >= 15 is 0 Å². The van der Waals surface area contributed by atoms with Crippen molar-refractivity contribution in [2.45, 2.75) is 13.8 Å². The molecule has 28 heavy (non-hydrogen) atoms. The van der Waals surface area contributed by atoms with E-state index in [0.717, 1.165) is 0 Å². The number of carbonyl (C=O) groups excluding carboxylic acids is 2. The Morgan fingerprint density at radius 3 is 2.64 bits per heavy atom. The molecule has 8 nitrogen and oxygen atoms in total. The first-order valence-electron chi connectivity index (χ1n) is 8.71. The van der Waals surface area contributed by atoms with Gasteiger partial charge >= 0.3 is 6.03 Å². The number of carbonyl (C=O) groups is 2. The van der Waals surface area contributed by atoms with Crippen LogP contribution in [0.4, 0.5) is 21.9 Å². The van der Waals surface area contributed by atoms with Crippen molar-refractivity contribution in [1.29, 1.82) is 0 Å². The van der Waals surface area contributed by atoms with Gasteiger partial charge in [-0.05, 0) is 38.1 Å². The van der Waals surface area contributed by atoms with Gasteiger partial charge < -0.3 is 30.2 Å². The van der Waals surface area contributed by atoms with E-state index in [1.165, 1.54) is 14.2 Å². The van der Waals surface area contributed by atoms with Gasteiger partial charge in [0.1, 0.15) is 12.4 Å². The second-order valence-electron chi connectivity index (χ2n) is 6.96. The summed E-state index contributed by atoms with van der Waals surface area (Å²) < 4.78 is 16.3. The molecule has 2 aromatic carbocycles. The zero-order valence-corrected chi connectivity index (χ0v) is 16.2. The molecule has 0 bridgehead atoms. The molecule has 0 saturated carbocycles. The first-order chi connectivity index (χ1) is 13.3. The van der Waals surface area contributed by atoms with Crippen LogP contribution in [0.3, 0.4) is 0 Å². The molecule has 3 rings (SSSR count). The average molecular weight is 385 g/mol. The molecule has 0 saturated heterocycles. The van der Waals surface area contributed by atoms with Gasteiger partial charge in [-0.2, -0.15) is 0 Å². The number of hydrogen-bond donors (Lipinski definition) is 3. The molecule has 2 aromatic rings. The summed E-state index contributed by atoms with van der Waals surface area (Å²) in [7, 11) is 3.03. The van der Waals surface area contributed by atoms with Crippen molar-refractivity contribution in [3.63, 3.8) is 0 Å². The predicted octanol–water partition coefficient (Wildman–Crippen LogP) is 3.70. The average Bonchev–Trinajstić information content (AvgIpc) is 2.77. The smallest absolute Gasteiger partial charge is 0.323 e. The molecule has 3 N–H and O–H groups in total. The van der Waals surface area contributed by atoms with Gasteiger partial charge in [-0.1, -0.05) is 6.07 Å². The highest BCUT2D eigenvalue weighted by molar-refractivity contribution is 6.02. The van der Waals surface area contributed by atoms with Crippen LogP contribution in [0.1, 0.15) is 13.8 Å². The summed E-state index contributed by atoms with van der Waals surface area (Å²) in [4.78, 5) is 24.6. The molecule has 148 valence electrons. The predicted molar refractivity (Wildman–Crippen MR) is 107 cm³/mol. The number of rotatable bonds is 4. The highest BCUT2D eigenvalue weighted by Crippen LogP contribution is 2.36. The van der Waals surface area contributed by atoms with Crippen LogP contribution in [-0.2, 0) is 4.79 Å². The van der Waals surface area contributed by atoms with Crippen LogP contribution in [-0.4, -0.2) is 32.8 Å². The summed E-state index contributed by atoms with van der Waals surface area (Å²) in [5, 5.41) is 8.31. The standard InChI is InChI=1S/C20H23N3O5/c1-20(2)11-28-16-10-12(8-9-13(16)22-18(20)24)21-19(25)23-14-6-5-7-15(26-3)17(14)27-4/h5-10H,11H2,1-4H3,(H,22,24)(H2,21,23,25). The third-order valence-corrected chi connectivity index (χ3v) is 4.34. The Bertz CT molecular complexity index is 911. The summed E-state index contributed by atoms with van der Waals surface area (Å²) in [6.07, 6.45) is 0. The summed E-state index contributed by atoms with van der Waals surface area (Å²) in [5.41, 5.74) is 0.912. The third kappa shape index (κ3) is 3.95. The van der Waals surface area contributed by atoms with E-state index in [0.29, 0.717) is 34.3 Å². The first-order valence-corrected chi connectivity index (χ1v) is 8.71. The van der Waals surface area contributed by atoms with Crippen molar-refractivity contribution in [3.8, 4) is 17.2 Å². The molecule has 1 heterocycles. The van der Waals surface area contributed by atoms with Crippen molar-refractivity contribution in [3.05, 3.63) is 36.4 Å². The summed E-state index contributed by atoms with van der Waals surface area (Å²) in [6.45, 7) is 3.85. The lowest BCUT2D eigenvalue weighted by atomic mass is 9.94. The van der Waals surface area contributed by atoms with Gasteiger partial charge in [0.2, 0.25) is 5.91 Å². The number of fused-ring (bicyclic) bond motifs is 1. The Morgan fingerprint density at radius 1 is 1.14 bits per heavy atom. The maximum atomic E-state index is 12.4. The van der Waals surface area contributed by atoms with E-state index in [-0.39, 0.29) is 12.5 Å². The van der Waals surface area contributed by atoms with Gasteiger partial charge in [-0.25, -0.2) is 4.79 Å². The second-order valence-corrected chi connectivity index (χ2v) is 6.96. The number of para-hydroxylation sites is 1. The fraction of sp³-hybridized carbons (Fsp3) is 0.300. The summed E-state index contributed by atoms with van der Waals surface area (Å²) >= 11 is 0. The van der Waals surface area contributed by atoms with Crippen molar-refractivity contribution < 1.29 is 23.8 Å². The van der Waals surface area contributed by atoms with Crippen LogP contribution in [0, 0.1) is 5.41 Å². The maximum absolute atomic E-state index is 12.4. The SMILES string of the molecule is COc1cccc(NC(=O)Nc2ccc3c(c2)OCC(C)(C)C(=O)N3)c1OC. The van der Waals surface area contributed by atoms with Gasteiger partial charge in [-0.15, -0.1) is 0 Å². The minimum atomic E-state index is -0.646. The topological polar surface area (TPSA) is 97.9 Å². The highest BCUT2D eigenvalue weighted by atomic mass is 16.5. The van der Waals surface area contributed by atoms with Crippen LogP contribution >= 0.6 is 0 Å². The molecule has 1 aliphatic heterocycles. The van der Waals surface area contributed by atoms with Crippen LogP contribution in [0.5, 0.6) is 17.2 Å². The number of ether oxygens (including phenoxy) is 3. The molecule has 0 aliphatic carbocycles. The Hall–Kier alpha value is -3.42. The molecule has 8 heteroatoms. The van der Waals surface area contributed by atoms with E-state index in [1.807, 2.05) is 13.8 Å². The minimum absolute atomic E-state index is 0.116. The molecule has 1 aliphatic rings. The van der Waals surface area contributed by atoms with Gasteiger partial charge in [0.25, 0.3) is 0 Å². The largest absolute Gasteiger partial charge is 0.493 e. The lowest BCUT2D eigenvalue weighted by molar-refractivity contribution is -0.124. The van der Waals surface area contributed by atoms with Crippen LogP contribution in [0.2, 0.25) is 0 Å². The van der Waals surface area contributed by atoms with E-state index in [4.69, 9.17) is 14.2 Å². The van der Waals surface area contributed by atoms with Crippen molar-refractivity contribution >= 4 is 29.0 Å². The van der Waals surface area contributed by atoms with Gasteiger partial charge in [0, 0.05) is 11.8 Å². The molecular weight excluding hydrogens is 362 g/mol. The lowest BCUT2D eigenvalue weighted by Gasteiger charge is -2.18. The van der Waals surface area contributed by atoms with Crippen LogP contribution in [0.15, 0.2) is 36.4 Å². The van der Waals surface area contributed by atoms with Crippen LogP contribution in [0.25, 0.3) is 0 Å². The maximum Gasteiger partial charge on any atom is 0.323 e. The van der Waals surface area contributed by atoms with Crippen molar-refractivity contribution in [2.24, 2.45) is 5.41 Å². The quantitative estimate of drug-likeness (QED) is 0.745. The minimum Gasteiger partial charge on any atom is -0.493 e. The Balaban J connectivity index is 1.74. The van der Waals surface area contributed by atoms with Crippen LogP contribution < -0.4 is 30.2 Å². The number of amides is 3. The molecule has 0 spiro atoms. The molecule has 0 unspecified atom stereocenters. The Kier molecular flexibility index (Phi) is 5.30. The Morgan fingerprint density at radius 2 is 1.93 bits per heavy atom. The van der Waals surface area contributed by atoms with E-state index in [1.54, 1.807) is 36.4 Å². The molecule has 0 aromatic heterocycles. The number of nitrogens with one attached hydrogen (secondary N) is 3. The Labute approximate surface area is 163 Å². The molecule has 0 fully saturated rings. The second kappa shape index (κ2) is 7.67. The van der Waals surface area contributed by atoms with E-state index in [9.17, 15) is 9.59 Å². The fourth-order valence-electron chi connectivity index (χ4n) is 2.71. The fourth-order valence-corrected chi connectivity index (χ4v) is 2.71. The zero-order chi connectivity index (χ0) is 20.3. The lowest BCUT2D eigenvalue weighted by Crippen LogP contribution is -2.33. The van der Waals surface area contributed by atoms with Gasteiger partial charge in [0.05, 0.1) is 31.0 Å². The molecule has 3 amide bonds. The molecular formula is C20H23N3O5. The van der Waals surface area contributed by atoms with Gasteiger partial charge in [0.15, 0.2) is 11.5 Å². The number of anilines is 3. The number of benzene rings is 2. The summed E-state index contributed by atoms with van der Waals surface area (Å²) in [6, 6.07) is 9.78. The molecule has 0 radical (unpaired) electrons. The number of urea groups is 1. The van der Waals surface area contributed by atoms with Crippen molar-refractivity contribution in [2.75, 3.05) is 36.8 Å². The number of hydrogen-bond acceptors (Lipinski definition) is 5. The zero-order valence-electron chi connectivity index (χ0n) is 16.2. The third-order valence-electron chi connectivity index (χ3n) is 4.34. The van der Waals surface area contributed by atoms with Crippen molar-refractivity contribution in [1.82, 2.24) is 0 Å². The first kappa shape index (κ1) is 19.3. The molecule has 0 atom stereocenters. The van der Waals surface area contributed by atoms with E-state index in [2.05, 4.69) is 16.0 Å². The number of methoxy groups -OCH3 is 2. The highest BCUT2D eigenvalue weighted by Gasteiger charge is 2.32.